The fourth-order valence-electron chi connectivity index (χ4n) is 3.88. The highest BCUT2D eigenvalue weighted by atomic mass is 127. The van der Waals surface area contributed by atoms with Gasteiger partial charge in [0.25, 0.3) is 5.91 Å². The number of nitrogens with one attached hydrogen (secondary N) is 3. The van der Waals surface area contributed by atoms with Gasteiger partial charge in [-0.3, -0.25) is 9.69 Å². The maximum atomic E-state index is 12.4. The van der Waals surface area contributed by atoms with Crippen LogP contribution in [0.1, 0.15) is 67.1 Å². The summed E-state index contributed by atoms with van der Waals surface area (Å²) < 4.78 is 0. The molecule has 1 aliphatic heterocycles. The molecule has 0 bridgehead atoms. The van der Waals surface area contributed by atoms with Gasteiger partial charge in [-0.25, -0.2) is 4.99 Å². The van der Waals surface area contributed by atoms with E-state index < -0.39 is 0 Å². The molecule has 7 heteroatoms. The lowest BCUT2D eigenvalue weighted by Gasteiger charge is -2.15. The number of likely N-dealkylation sites (tertiary alicyclic amines) is 1. The van der Waals surface area contributed by atoms with Crippen LogP contribution in [0.4, 0.5) is 0 Å². The maximum Gasteiger partial charge on any atom is 0.251 e. The molecular formula is C27H40IN5O. The minimum absolute atomic E-state index is 0. The number of carbonyl (C=O) groups is 1. The number of hydrogen-bond acceptors (Lipinski definition) is 3. The van der Waals surface area contributed by atoms with Crippen LogP contribution >= 0.6 is 24.0 Å². The number of guanidine groups is 1. The van der Waals surface area contributed by atoms with Crippen LogP contribution in [0.25, 0.3) is 0 Å². The first-order chi connectivity index (χ1) is 16.1. The van der Waals surface area contributed by atoms with E-state index in [-0.39, 0.29) is 35.9 Å². The van der Waals surface area contributed by atoms with Crippen LogP contribution in [-0.2, 0) is 19.6 Å². The van der Waals surface area contributed by atoms with Gasteiger partial charge in [-0.05, 0) is 75.0 Å². The van der Waals surface area contributed by atoms with E-state index >= 15 is 0 Å². The zero-order valence-corrected chi connectivity index (χ0v) is 23.1. The number of amides is 1. The summed E-state index contributed by atoms with van der Waals surface area (Å²) >= 11 is 0. The molecule has 2 aromatic rings. The molecule has 1 atom stereocenters. The summed E-state index contributed by atoms with van der Waals surface area (Å²) in [5, 5.41) is 9.75. The molecule has 1 unspecified atom stereocenters. The summed E-state index contributed by atoms with van der Waals surface area (Å²) in [7, 11) is 0. The highest BCUT2D eigenvalue weighted by Gasteiger charge is 2.12. The van der Waals surface area contributed by atoms with Crippen molar-refractivity contribution in [1.82, 2.24) is 20.9 Å². The zero-order valence-electron chi connectivity index (χ0n) is 20.8. The van der Waals surface area contributed by atoms with Gasteiger partial charge in [-0.15, -0.1) is 24.0 Å². The molecule has 3 N–H and O–H groups in total. The first kappa shape index (κ1) is 28.1. The number of halogens is 1. The zero-order chi connectivity index (χ0) is 23.5. The molecule has 0 spiro atoms. The number of rotatable bonds is 10. The quantitative estimate of drug-likeness (QED) is 0.218. The van der Waals surface area contributed by atoms with E-state index in [0.29, 0.717) is 18.7 Å². The summed E-state index contributed by atoms with van der Waals surface area (Å²) in [5.74, 6) is 0.737. The third-order valence-electron chi connectivity index (χ3n) is 6.03. The van der Waals surface area contributed by atoms with Crippen LogP contribution in [-0.4, -0.2) is 42.4 Å². The Morgan fingerprint density at radius 3 is 2.38 bits per heavy atom. The smallest absolute Gasteiger partial charge is 0.251 e. The molecule has 186 valence electrons. The molecule has 2 aromatic carbocycles. The third kappa shape index (κ3) is 9.25. The Labute approximate surface area is 222 Å². The highest BCUT2D eigenvalue weighted by molar-refractivity contribution is 14.0. The van der Waals surface area contributed by atoms with Crippen molar-refractivity contribution in [1.29, 1.82) is 0 Å². The fourth-order valence-corrected chi connectivity index (χ4v) is 3.88. The van der Waals surface area contributed by atoms with E-state index in [1.165, 1.54) is 37.1 Å². The lowest BCUT2D eigenvalue weighted by atomic mass is 10.1. The number of hydrogen-bond donors (Lipinski definition) is 3. The molecular weight excluding hydrogens is 537 g/mol. The molecule has 3 rings (SSSR count). The van der Waals surface area contributed by atoms with Gasteiger partial charge in [0.15, 0.2) is 5.96 Å². The number of aliphatic imine (C=N–C) groups is 1. The van der Waals surface area contributed by atoms with E-state index in [2.05, 4.69) is 59.0 Å². The SMILES string of the molecule is CCNC(=NCc1cccc(C(=O)NC(C)CC)c1)NCc1ccc(CN2CCCC2)cc1.I. The van der Waals surface area contributed by atoms with Crippen LogP contribution < -0.4 is 16.0 Å². The van der Waals surface area contributed by atoms with Gasteiger partial charge < -0.3 is 16.0 Å². The topological polar surface area (TPSA) is 68.8 Å². The first-order valence-electron chi connectivity index (χ1n) is 12.3. The van der Waals surface area contributed by atoms with Crippen LogP contribution in [0.5, 0.6) is 0 Å². The van der Waals surface area contributed by atoms with Crippen LogP contribution in [0.3, 0.4) is 0 Å². The second-order valence-electron chi connectivity index (χ2n) is 8.83. The molecule has 0 radical (unpaired) electrons. The molecule has 0 aromatic heterocycles. The Morgan fingerprint density at radius 1 is 1.00 bits per heavy atom. The van der Waals surface area contributed by atoms with Crippen molar-refractivity contribution in [3.8, 4) is 0 Å². The van der Waals surface area contributed by atoms with Crippen molar-refractivity contribution in [3.05, 3.63) is 70.8 Å². The van der Waals surface area contributed by atoms with Crippen LogP contribution in [0, 0.1) is 0 Å². The van der Waals surface area contributed by atoms with Crippen LogP contribution in [0.2, 0.25) is 0 Å². The summed E-state index contributed by atoms with van der Waals surface area (Å²) in [6.07, 6.45) is 3.56. The van der Waals surface area contributed by atoms with Crippen molar-refractivity contribution in [2.45, 2.75) is 65.7 Å². The van der Waals surface area contributed by atoms with E-state index in [4.69, 9.17) is 4.99 Å². The average Bonchev–Trinajstić information content (AvgIpc) is 3.35. The van der Waals surface area contributed by atoms with E-state index in [0.717, 1.165) is 31.0 Å². The minimum Gasteiger partial charge on any atom is -0.357 e. The lowest BCUT2D eigenvalue weighted by Crippen LogP contribution is -2.36. The third-order valence-corrected chi connectivity index (χ3v) is 6.03. The van der Waals surface area contributed by atoms with Gasteiger partial charge in [0, 0.05) is 31.2 Å². The van der Waals surface area contributed by atoms with Crippen molar-refractivity contribution in [3.63, 3.8) is 0 Å². The number of benzene rings is 2. The Kier molecular flexibility index (Phi) is 12.4. The first-order valence-corrected chi connectivity index (χ1v) is 12.3. The van der Waals surface area contributed by atoms with Gasteiger partial charge in [-0.1, -0.05) is 43.3 Å². The number of carbonyl (C=O) groups excluding carboxylic acids is 1. The predicted octanol–water partition coefficient (Wildman–Crippen LogP) is 4.68. The Balaban J connectivity index is 0.00000408. The van der Waals surface area contributed by atoms with Crippen LogP contribution in [0.15, 0.2) is 53.5 Å². The largest absolute Gasteiger partial charge is 0.357 e. The Morgan fingerprint density at radius 2 is 1.71 bits per heavy atom. The standard InChI is InChI=1S/C27H39N5O.HI/c1-4-21(3)31-26(33)25-10-8-9-24(17-25)19-30-27(28-5-2)29-18-22-11-13-23(14-12-22)20-32-15-6-7-16-32;/h8-14,17,21H,4-7,15-16,18-20H2,1-3H3,(H,31,33)(H2,28,29,30);1H. The Bertz CT molecular complexity index is 909. The molecule has 1 heterocycles. The molecule has 0 aliphatic carbocycles. The van der Waals surface area contributed by atoms with Crippen molar-refractivity contribution >= 4 is 35.8 Å². The minimum atomic E-state index is -0.0339. The fraction of sp³-hybridized carbons (Fsp3) is 0.481. The maximum absolute atomic E-state index is 12.4. The molecule has 1 fully saturated rings. The van der Waals surface area contributed by atoms with Crippen molar-refractivity contribution in [2.75, 3.05) is 19.6 Å². The van der Waals surface area contributed by atoms with E-state index in [9.17, 15) is 4.79 Å². The summed E-state index contributed by atoms with van der Waals surface area (Å²) in [5.41, 5.74) is 4.29. The van der Waals surface area contributed by atoms with Crippen molar-refractivity contribution in [2.24, 2.45) is 4.99 Å². The summed E-state index contributed by atoms with van der Waals surface area (Å²) in [6.45, 7) is 11.6. The molecule has 1 saturated heterocycles. The second kappa shape index (κ2) is 15.0. The lowest BCUT2D eigenvalue weighted by molar-refractivity contribution is 0.0939. The summed E-state index contributed by atoms with van der Waals surface area (Å²) in [6, 6.07) is 16.7. The monoisotopic (exact) mass is 577 g/mol. The normalized spacial score (nSPS) is 14.9. The van der Waals surface area contributed by atoms with Gasteiger partial charge in [0.2, 0.25) is 0 Å². The predicted molar refractivity (Wildman–Crippen MR) is 152 cm³/mol. The molecule has 1 amide bonds. The molecule has 1 aliphatic rings. The average molecular weight is 578 g/mol. The second-order valence-corrected chi connectivity index (χ2v) is 8.83. The molecule has 34 heavy (non-hydrogen) atoms. The number of nitrogens with zero attached hydrogens (tertiary/aromatic N) is 2. The van der Waals surface area contributed by atoms with E-state index in [1.54, 1.807) is 0 Å². The summed E-state index contributed by atoms with van der Waals surface area (Å²) in [4.78, 5) is 19.7. The Hall–Kier alpha value is -2.13. The van der Waals surface area contributed by atoms with Crippen molar-refractivity contribution < 1.29 is 4.79 Å². The molecule has 6 nitrogen and oxygen atoms in total. The van der Waals surface area contributed by atoms with E-state index in [1.807, 2.05) is 31.2 Å². The molecule has 0 saturated carbocycles. The highest BCUT2D eigenvalue weighted by Crippen LogP contribution is 2.13. The van der Waals surface area contributed by atoms with Gasteiger partial charge in [0.05, 0.1) is 6.54 Å². The van der Waals surface area contributed by atoms with Gasteiger partial charge in [0.1, 0.15) is 0 Å². The van der Waals surface area contributed by atoms with Gasteiger partial charge >= 0.3 is 0 Å². The van der Waals surface area contributed by atoms with Gasteiger partial charge in [-0.2, -0.15) is 0 Å².